The Balaban J connectivity index is 2.56. The van der Waals surface area contributed by atoms with Crippen molar-refractivity contribution in [1.82, 2.24) is 0 Å². The molecule has 1 fully saturated rings. The second-order valence-electron chi connectivity index (χ2n) is 3.00. The van der Waals surface area contributed by atoms with Gasteiger partial charge in [-0.1, -0.05) is 0 Å². The van der Waals surface area contributed by atoms with Crippen LogP contribution in [0, 0.1) is 0 Å². The number of amides is 1. The SMILES string of the molecule is C[C@H]1O[C@@H](O)C[C@@H](O)[C@@H]1OC(N)=O. The molecule has 0 aromatic rings. The molecule has 6 heteroatoms. The van der Waals surface area contributed by atoms with E-state index in [2.05, 4.69) is 4.74 Å². The van der Waals surface area contributed by atoms with Crippen molar-refractivity contribution in [3.63, 3.8) is 0 Å². The van der Waals surface area contributed by atoms with Gasteiger partial charge in [0.05, 0.1) is 12.2 Å². The van der Waals surface area contributed by atoms with Crippen molar-refractivity contribution >= 4 is 6.09 Å². The highest BCUT2D eigenvalue weighted by molar-refractivity contribution is 5.64. The Hall–Kier alpha value is -0.850. The Bertz CT molecular complexity index is 185. The molecule has 0 aliphatic carbocycles. The quantitative estimate of drug-likeness (QED) is 0.490. The Labute approximate surface area is 75.2 Å². The van der Waals surface area contributed by atoms with Gasteiger partial charge in [0.1, 0.15) is 0 Å². The lowest BCUT2D eigenvalue weighted by Crippen LogP contribution is -2.49. The number of aliphatic hydroxyl groups excluding tert-OH is 2. The summed E-state index contributed by atoms with van der Waals surface area (Å²) in [6.45, 7) is 1.58. The Kier molecular flexibility index (Phi) is 3.07. The van der Waals surface area contributed by atoms with Gasteiger partial charge in [0, 0.05) is 6.42 Å². The maximum atomic E-state index is 10.4. The Morgan fingerprint density at radius 1 is 1.62 bits per heavy atom. The molecule has 1 saturated heterocycles. The highest BCUT2D eigenvalue weighted by Crippen LogP contribution is 2.21. The first-order chi connectivity index (χ1) is 6.00. The molecule has 1 heterocycles. The smallest absolute Gasteiger partial charge is 0.404 e. The minimum Gasteiger partial charge on any atom is -0.441 e. The fourth-order valence-corrected chi connectivity index (χ4v) is 1.34. The van der Waals surface area contributed by atoms with Crippen LogP contribution in [0.4, 0.5) is 4.79 Å². The van der Waals surface area contributed by atoms with Crippen LogP contribution in [0.1, 0.15) is 13.3 Å². The fraction of sp³-hybridized carbons (Fsp3) is 0.857. The van der Waals surface area contributed by atoms with E-state index < -0.39 is 30.7 Å². The van der Waals surface area contributed by atoms with Gasteiger partial charge in [-0.3, -0.25) is 0 Å². The van der Waals surface area contributed by atoms with Gasteiger partial charge in [-0.2, -0.15) is 0 Å². The van der Waals surface area contributed by atoms with Crippen molar-refractivity contribution in [2.24, 2.45) is 5.73 Å². The van der Waals surface area contributed by atoms with E-state index in [1.165, 1.54) is 0 Å². The van der Waals surface area contributed by atoms with Crippen molar-refractivity contribution in [2.45, 2.75) is 37.9 Å². The van der Waals surface area contributed by atoms with Gasteiger partial charge in [-0.05, 0) is 6.92 Å². The van der Waals surface area contributed by atoms with Crippen molar-refractivity contribution in [3.05, 3.63) is 0 Å². The average molecular weight is 191 g/mol. The standard InChI is InChI=1S/C7H13NO5/c1-3-6(13-7(8)11)4(9)2-5(10)12-3/h3-6,9-10H,2H2,1H3,(H2,8,11)/t3-,4-,5-,6-/m1/s1. The molecule has 0 unspecified atom stereocenters. The largest absolute Gasteiger partial charge is 0.441 e. The van der Waals surface area contributed by atoms with Crippen LogP contribution in [0.5, 0.6) is 0 Å². The van der Waals surface area contributed by atoms with E-state index in [1.807, 2.05) is 0 Å². The maximum absolute atomic E-state index is 10.4. The minimum absolute atomic E-state index is 0.0162. The number of hydrogen-bond acceptors (Lipinski definition) is 5. The van der Waals surface area contributed by atoms with E-state index in [-0.39, 0.29) is 6.42 Å². The first-order valence-corrected chi connectivity index (χ1v) is 3.98. The first-order valence-electron chi connectivity index (χ1n) is 3.98. The summed E-state index contributed by atoms with van der Waals surface area (Å²) in [6.07, 6.45) is -4.27. The molecule has 0 radical (unpaired) electrons. The van der Waals surface area contributed by atoms with Crippen LogP contribution in [0.15, 0.2) is 0 Å². The van der Waals surface area contributed by atoms with Gasteiger partial charge < -0.3 is 25.4 Å². The zero-order valence-corrected chi connectivity index (χ0v) is 7.21. The van der Waals surface area contributed by atoms with Gasteiger partial charge in [0.2, 0.25) is 0 Å². The monoisotopic (exact) mass is 191 g/mol. The molecule has 76 valence electrons. The number of primary amides is 1. The predicted molar refractivity (Wildman–Crippen MR) is 41.6 cm³/mol. The van der Waals surface area contributed by atoms with E-state index in [0.29, 0.717) is 0 Å². The van der Waals surface area contributed by atoms with Crippen molar-refractivity contribution < 1.29 is 24.5 Å². The van der Waals surface area contributed by atoms with E-state index in [1.54, 1.807) is 6.92 Å². The third-order valence-corrected chi connectivity index (χ3v) is 1.91. The van der Waals surface area contributed by atoms with Crippen LogP contribution in [0.25, 0.3) is 0 Å². The second-order valence-corrected chi connectivity index (χ2v) is 3.00. The van der Waals surface area contributed by atoms with Crippen LogP contribution in [-0.2, 0) is 9.47 Å². The van der Waals surface area contributed by atoms with E-state index in [9.17, 15) is 9.90 Å². The van der Waals surface area contributed by atoms with Gasteiger partial charge >= 0.3 is 6.09 Å². The minimum atomic E-state index is -1.02. The second kappa shape index (κ2) is 3.91. The average Bonchev–Trinajstić information content (AvgIpc) is 1.96. The first kappa shape index (κ1) is 10.2. The summed E-state index contributed by atoms with van der Waals surface area (Å²) in [5.41, 5.74) is 4.79. The van der Waals surface area contributed by atoms with Gasteiger partial charge in [-0.15, -0.1) is 0 Å². The van der Waals surface area contributed by atoms with Crippen LogP contribution in [-0.4, -0.2) is 40.9 Å². The summed E-state index contributed by atoms with van der Waals surface area (Å²) < 4.78 is 9.55. The topological polar surface area (TPSA) is 102 Å². The number of aliphatic hydroxyl groups is 2. The molecule has 1 amide bonds. The normalized spacial score (nSPS) is 39.9. The van der Waals surface area contributed by atoms with Crippen molar-refractivity contribution in [1.29, 1.82) is 0 Å². The Morgan fingerprint density at radius 3 is 2.69 bits per heavy atom. The summed E-state index contributed by atoms with van der Waals surface area (Å²) in [5.74, 6) is 0. The van der Waals surface area contributed by atoms with E-state index >= 15 is 0 Å². The van der Waals surface area contributed by atoms with E-state index in [4.69, 9.17) is 15.6 Å². The molecule has 1 rings (SSSR count). The third-order valence-electron chi connectivity index (χ3n) is 1.91. The van der Waals surface area contributed by atoms with Crippen LogP contribution < -0.4 is 5.73 Å². The summed E-state index contributed by atoms with van der Waals surface area (Å²) in [7, 11) is 0. The summed E-state index contributed by atoms with van der Waals surface area (Å²) >= 11 is 0. The fourth-order valence-electron chi connectivity index (χ4n) is 1.34. The van der Waals surface area contributed by atoms with Gasteiger partial charge in [-0.25, -0.2) is 4.79 Å². The van der Waals surface area contributed by atoms with Crippen molar-refractivity contribution in [2.75, 3.05) is 0 Å². The molecule has 1 aliphatic rings. The van der Waals surface area contributed by atoms with Gasteiger partial charge in [0.25, 0.3) is 0 Å². The van der Waals surface area contributed by atoms with Gasteiger partial charge in [0.15, 0.2) is 12.4 Å². The number of carbonyl (C=O) groups excluding carboxylic acids is 1. The van der Waals surface area contributed by atoms with Crippen molar-refractivity contribution in [3.8, 4) is 0 Å². The lowest BCUT2D eigenvalue weighted by Gasteiger charge is -2.34. The summed E-state index contributed by atoms with van der Waals surface area (Å²) in [5, 5.41) is 18.4. The molecular weight excluding hydrogens is 178 g/mol. The molecular formula is C7H13NO5. The molecule has 4 atom stereocenters. The predicted octanol–water partition coefficient (Wildman–Crippen LogP) is -1.06. The zero-order chi connectivity index (χ0) is 10.0. The lowest BCUT2D eigenvalue weighted by molar-refractivity contribution is -0.225. The Morgan fingerprint density at radius 2 is 2.23 bits per heavy atom. The zero-order valence-electron chi connectivity index (χ0n) is 7.21. The van der Waals surface area contributed by atoms with E-state index in [0.717, 1.165) is 0 Å². The lowest BCUT2D eigenvalue weighted by atomic mass is 10.0. The summed E-state index contributed by atoms with van der Waals surface area (Å²) in [6, 6.07) is 0. The molecule has 0 aromatic carbocycles. The molecule has 4 N–H and O–H groups in total. The molecule has 1 aliphatic heterocycles. The highest BCUT2D eigenvalue weighted by atomic mass is 16.6. The summed E-state index contributed by atoms with van der Waals surface area (Å²) in [4.78, 5) is 10.4. The molecule has 0 aromatic heterocycles. The van der Waals surface area contributed by atoms with Crippen LogP contribution in [0.3, 0.4) is 0 Å². The number of carbonyl (C=O) groups is 1. The number of ether oxygens (including phenoxy) is 2. The van der Waals surface area contributed by atoms with Crippen LogP contribution >= 0.6 is 0 Å². The maximum Gasteiger partial charge on any atom is 0.404 e. The molecule has 13 heavy (non-hydrogen) atoms. The number of rotatable bonds is 1. The molecule has 0 spiro atoms. The highest BCUT2D eigenvalue weighted by Gasteiger charge is 2.37. The third kappa shape index (κ3) is 2.55. The number of nitrogens with two attached hydrogens (primary N) is 1. The van der Waals surface area contributed by atoms with Crippen LogP contribution in [0.2, 0.25) is 0 Å². The molecule has 0 bridgehead atoms. The molecule has 6 nitrogen and oxygen atoms in total. The molecule has 0 saturated carbocycles. The number of hydrogen-bond donors (Lipinski definition) is 3.